The van der Waals surface area contributed by atoms with E-state index in [0.717, 1.165) is 43.7 Å². The molecule has 1 heterocycles. The Morgan fingerprint density at radius 1 is 1.40 bits per heavy atom. The van der Waals surface area contributed by atoms with E-state index in [1.165, 1.54) is 5.57 Å². The smallest absolute Gasteiger partial charge is 0.123 e. The predicted octanol–water partition coefficient (Wildman–Crippen LogP) is 4.04. The van der Waals surface area contributed by atoms with E-state index in [1.54, 1.807) is 12.1 Å². The third-order valence-corrected chi connectivity index (χ3v) is 3.83. The zero-order valence-electron chi connectivity index (χ0n) is 12.7. The van der Waals surface area contributed by atoms with Gasteiger partial charge in [0.2, 0.25) is 0 Å². The van der Waals surface area contributed by atoms with Gasteiger partial charge in [0, 0.05) is 24.8 Å². The quantitative estimate of drug-likeness (QED) is 0.816. The van der Waals surface area contributed by atoms with Crippen LogP contribution in [0.3, 0.4) is 0 Å². The van der Waals surface area contributed by atoms with Gasteiger partial charge in [0.15, 0.2) is 0 Å². The van der Waals surface area contributed by atoms with E-state index in [0.29, 0.717) is 0 Å². The molecule has 0 amide bonds. The van der Waals surface area contributed by atoms with Crippen LogP contribution in [-0.2, 0) is 0 Å². The van der Waals surface area contributed by atoms with Gasteiger partial charge in [-0.2, -0.15) is 0 Å². The molecule has 2 rings (SSSR count). The minimum Gasteiger partial charge on any atom is -0.367 e. The van der Waals surface area contributed by atoms with Crippen LogP contribution >= 0.6 is 0 Å². The first-order valence-corrected chi connectivity index (χ1v) is 7.55. The van der Waals surface area contributed by atoms with Crippen LogP contribution in [0.2, 0.25) is 0 Å². The zero-order chi connectivity index (χ0) is 14.5. The molecule has 0 saturated heterocycles. The van der Waals surface area contributed by atoms with Gasteiger partial charge < -0.3 is 10.2 Å². The standard InChI is InChI=1S/C17H25FN2/c1-4-9-19-14(3)16-11-15(18)7-8-17(16)20-10-5-6-13(2)12-20/h6-8,11,14,19H,4-5,9-10,12H2,1-3H3. The Bertz CT molecular complexity index is 482. The number of nitrogens with zero attached hydrogens (tertiary/aromatic N) is 1. The van der Waals surface area contributed by atoms with Gasteiger partial charge in [-0.15, -0.1) is 0 Å². The monoisotopic (exact) mass is 276 g/mol. The first kappa shape index (κ1) is 15.0. The average Bonchev–Trinajstić information content (AvgIpc) is 2.44. The second kappa shape index (κ2) is 6.89. The zero-order valence-corrected chi connectivity index (χ0v) is 12.7. The molecule has 20 heavy (non-hydrogen) atoms. The van der Waals surface area contributed by atoms with E-state index in [2.05, 4.69) is 37.1 Å². The van der Waals surface area contributed by atoms with E-state index in [-0.39, 0.29) is 11.9 Å². The summed E-state index contributed by atoms with van der Waals surface area (Å²) < 4.78 is 13.6. The molecule has 1 N–H and O–H groups in total. The van der Waals surface area contributed by atoms with Crippen LogP contribution in [-0.4, -0.2) is 19.6 Å². The molecule has 110 valence electrons. The third kappa shape index (κ3) is 3.60. The largest absolute Gasteiger partial charge is 0.367 e. The fraction of sp³-hybridized carbons (Fsp3) is 0.529. The number of rotatable bonds is 5. The number of benzene rings is 1. The first-order valence-electron chi connectivity index (χ1n) is 7.55. The summed E-state index contributed by atoms with van der Waals surface area (Å²) in [7, 11) is 0. The van der Waals surface area contributed by atoms with Gasteiger partial charge in [-0.05, 0) is 57.0 Å². The number of hydrogen-bond acceptors (Lipinski definition) is 2. The minimum atomic E-state index is -0.154. The maximum absolute atomic E-state index is 13.6. The lowest BCUT2D eigenvalue weighted by molar-refractivity contribution is 0.560. The molecule has 3 heteroatoms. The molecule has 0 saturated carbocycles. The summed E-state index contributed by atoms with van der Waals surface area (Å²) in [6, 6.07) is 5.34. The second-order valence-corrected chi connectivity index (χ2v) is 5.64. The Morgan fingerprint density at radius 3 is 2.90 bits per heavy atom. The predicted molar refractivity (Wildman–Crippen MR) is 83.7 cm³/mol. The SMILES string of the molecule is CCCNC(C)c1cc(F)ccc1N1CCC=C(C)C1. The number of anilines is 1. The molecule has 1 aromatic rings. The molecule has 0 aromatic heterocycles. The average molecular weight is 276 g/mol. The van der Waals surface area contributed by atoms with Crippen molar-refractivity contribution in [3.8, 4) is 0 Å². The molecule has 1 unspecified atom stereocenters. The molecular formula is C17H25FN2. The molecule has 0 bridgehead atoms. The molecule has 1 aliphatic rings. The normalized spacial score (nSPS) is 17.0. The molecule has 2 nitrogen and oxygen atoms in total. The lowest BCUT2D eigenvalue weighted by atomic mass is 10.0. The van der Waals surface area contributed by atoms with Crippen molar-refractivity contribution in [1.82, 2.24) is 5.32 Å². The van der Waals surface area contributed by atoms with Crippen molar-refractivity contribution >= 4 is 5.69 Å². The molecular weight excluding hydrogens is 251 g/mol. The third-order valence-electron chi connectivity index (χ3n) is 3.83. The van der Waals surface area contributed by atoms with Crippen molar-refractivity contribution < 1.29 is 4.39 Å². The minimum absolute atomic E-state index is 0.154. The fourth-order valence-electron chi connectivity index (χ4n) is 2.75. The lowest BCUT2D eigenvalue weighted by Gasteiger charge is -2.31. The van der Waals surface area contributed by atoms with Gasteiger partial charge >= 0.3 is 0 Å². The number of halogens is 1. The number of nitrogens with one attached hydrogen (secondary N) is 1. The van der Waals surface area contributed by atoms with Gasteiger partial charge in [0.05, 0.1) is 0 Å². The van der Waals surface area contributed by atoms with E-state index in [9.17, 15) is 4.39 Å². The molecule has 0 aliphatic carbocycles. The van der Waals surface area contributed by atoms with Gasteiger partial charge in [0.1, 0.15) is 5.82 Å². The highest BCUT2D eigenvalue weighted by Crippen LogP contribution is 2.29. The van der Waals surface area contributed by atoms with Crippen molar-refractivity contribution in [2.45, 2.75) is 39.7 Å². The highest BCUT2D eigenvalue weighted by molar-refractivity contribution is 5.56. The van der Waals surface area contributed by atoms with Gasteiger partial charge in [-0.3, -0.25) is 0 Å². The Morgan fingerprint density at radius 2 is 2.20 bits per heavy atom. The van der Waals surface area contributed by atoms with Crippen molar-refractivity contribution in [2.24, 2.45) is 0 Å². The molecule has 0 fully saturated rings. The van der Waals surface area contributed by atoms with E-state index in [4.69, 9.17) is 0 Å². The topological polar surface area (TPSA) is 15.3 Å². The molecule has 1 atom stereocenters. The van der Waals surface area contributed by atoms with Crippen LogP contribution in [0, 0.1) is 5.82 Å². The molecule has 0 spiro atoms. The van der Waals surface area contributed by atoms with Crippen molar-refractivity contribution in [3.05, 3.63) is 41.2 Å². The van der Waals surface area contributed by atoms with Crippen molar-refractivity contribution in [1.29, 1.82) is 0 Å². The maximum atomic E-state index is 13.6. The summed E-state index contributed by atoms with van der Waals surface area (Å²) in [5, 5.41) is 3.46. The Labute approximate surface area is 121 Å². The lowest BCUT2D eigenvalue weighted by Crippen LogP contribution is -2.31. The van der Waals surface area contributed by atoms with Gasteiger partial charge in [0.25, 0.3) is 0 Å². The summed E-state index contributed by atoms with van der Waals surface area (Å²) in [5.41, 5.74) is 3.61. The van der Waals surface area contributed by atoms with Gasteiger partial charge in [-0.1, -0.05) is 18.6 Å². The second-order valence-electron chi connectivity index (χ2n) is 5.64. The summed E-state index contributed by atoms with van der Waals surface area (Å²) >= 11 is 0. The number of hydrogen-bond donors (Lipinski definition) is 1. The molecule has 1 aliphatic heterocycles. The molecule has 0 radical (unpaired) electrons. The van der Waals surface area contributed by atoms with Crippen LogP contribution < -0.4 is 10.2 Å². The van der Waals surface area contributed by atoms with E-state index >= 15 is 0 Å². The maximum Gasteiger partial charge on any atom is 0.123 e. The first-order chi connectivity index (χ1) is 9.61. The van der Waals surface area contributed by atoms with Crippen LogP contribution in [0.25, 0.3) is 0 Å². The van der Waals surface area contributed by atoms with E-state index in [1.807, 2.05) is 6.07 Å². The van der Waals surface area contributed by atoms with Crippen molar-refractivity contribution in [2.75, 3.05) is 24.5 Å². The van der Waals surface area contributed by atoms with Crippen LogP contribution in [0.4, 0.5) is 10.1 Å². The van der Waals surface area contributed by atoms with Crippen LogP contribution in [0.1, 0.15) is 45.2 Å². The summed E-state index contributed by atoms with van der Waals surface area (Å²) in [5.74, 6) is -0.154. The summed E-state index contributed by atoms with van der Waals surface area (Å²) in [4.78, 5) is 2.36. The Balaban J connectivity index is 2.25. The summed E-state index contributed by atoms with van der Waals surface area (Å²) in [6.07, 6.45) is 4.44. The highest BCUT2D eigenvalue weighted by Gasteiger charge is 2.18. The Kier molecular flexibility index (Phi) is 5.18. The van der Waals surface area contributed by atoms with Crippen LogP contribution in [0.5, 0.6) is 0 Å². The van der Waals surface area contributed by atoms with Crippen molar-refractivity contribution in [3.63, 3.8) is 0 Å². The fourth-order valence-corrected chi connectivity index (χ4v) is 2.75. The Hall–Kier alpha value is -1.35. The summed E-state index contributed by atoms with van der Waals surface area (Å²) in [6.45, 7) is 9.32. The van der Waals surface area contributed by atoms with Crippen LogP contribution in [0.15, 0.2) is 29.8 Å². The highest BCUT2D eigenvalue weighted by atomic mass is 19.1. The molecule has 1 aromatic carbocycles. The van der Waals surface area contributed by atoms with Gasteiger partial charge in [-0.25, -0.2) is 4.39 Å². The van der Waals surface area contributed by atoms with E-state index < -0.39 is 0 Å².